The van der Waals surface area contributed by atoms with Crippen molar-refractivity contribution in [3.05, 3.63) is 64.8 Å². The fourth-order valence-electron chi connectivity index (χ4n) is 3.17. The van der Waals surface area contributed by atoms with Gasteiger partial charge < -0.3 is 0 Å². The zero-order chi connectivity index (χ0) is 16.5. The van der Waals surface area contributed by atoms with Crippen LogP contribution in [0.1, 0.15) is 33.6 Å². The Morgan fingerprint density at radius 1 is 1.04 bits per heavy atom. The van der Waals surface area contributed by atoms with Crippen LogP contribution in [-0.2, 0) is 12.8 Å². The third-order valence-corrected chi connectivity index (χ3v) is 5.53. The van der Waals surface area contributed by atoms with Crippen LogP contribution in [0.4, 0.5) is 0 Å². The Morgan fingerprint density at radius 2 is 1.79 bits per heavy atom. The quantitative estimate of drug-likeness (QED) is 0.524. The van der Waals surface area contributed by atoms with Crippen molar-refractivity contribution in [2.24, 2.45) is 0 Å². The summed E-state index contributed by atoms with van der Waals surface area (Å²) in [5, 5.41) is 0.836. The van der Waals surface area contributed by atoms with Crippen LogP contribution in [0.2, 0.25) is 0 Å². The van der Waals surface area contributed by atoms with E-state index in [1.54, 1.807) is 0 Å². The smallest absolute Gasteiger partial charge is 0.173 e. The Kier molecular flexibility index (Phi) is 4.07. The monoisotopic (exact) mass is 334 g/mol. The molecule has 0 atom stereocenters. The van der Waals surface area contributed by atoms with E-state index in [1.165, 1.54) is 29.3 Å². The van der Waals surface area contributed by atoms with Gasteiger partial charge in [-0.15, -0.1) is 0 Å². The second-order valence-electron chi connectivity index (χ2n) is 6.15. The van der Waals surface area contributed by atoms with Gasteiger partial charge >= 0.3 is 0 Å². The first-order chi connectivity index (χ1) is 11.7. The molecular weight excluding hydrogens is 316 g/mol. The molecule has 3 aromatic rings. The van der Waals surface area contributed by atoms with Crippen molar-refractivity contribution in [2.45, 2.75) is 31.2 Å². The predicted octanol–water partition coefficient (Wildman–Crippen LogP) is 4.40. The summed E-state index contributed by atoms with van der Waals surface area (Å²) in [6, 6.07) is 14.0. The van der Waals surface area contributed by atoms with E-state index in [9.17, 15) is 4.79 Å². The Balaban J connectivity index is 1.52. The van der Waals surface area contributed by atoms with E-state index in [4.69, 9.17) is 0 Å². The standard InChI is InChI=1S/C20H18N2OS/c1-13-20(22-18-8-3-2-7-17(18)21-13)24-12-19(23)16-10-9-14-5-4-6-15(14)11-16/h2-3,7-11H,4-6,12H2,1H3. The summed E-state index contributed by atoms with van der Waals surface area (Å²) in [4.78, 5) is 21.7. The molecule has 0 saturated heterocycles. The molecule has 1 heterocycles. The molecular formula is C20H18N2OS. The van der Waals surface area contributed by atoms with Gasteiger partial charge in [0.1, 0.15) is 5.03 Å². The zero-order valence-electron chi connectivity index (χ0n) is 13.6. The predicted molar refractivity (Wildman–Crippen MR) is 97.8 cm³/mol. The lowest BCUT2D eigenvalue weighted by Crippen LogP contribution is -2.04. The number of para-hydroxylation sites is 2. The number of carbonyl (C=O) groups excluding carboxylic acids is 1. The van der Waals surface area contributed by atoms with Crippen LogP contribution in [-0.4, -0.2) is 21.5 Å². The van der Waals surface area contributed by atoms with Crippen molar-refractivity contribution in [1.29, 1.82) is 0 Å². The van der Waals surface area contributed by atoms with Gasteiger partial charge in [0.2, 0.25) is 0 Å². The van der Waals surface area contributed by atoms with E-state index in [2.05, 4.69) is 22.1 Å². The van der Waals surface area contributed by atoms with Crippen molar-refractivity contribution in [3.63, 3.8) is 0 Å². The summed E-state index contributed by atoms with van der Waals surface area (Å²) >= 11 is 1.47. The van der Waals surface area contributed by atoms with Crippen LogP contribution in [0, 0.1) is 6.92 Å². The summed E-state index contributed by atoms with van der Waals surface area (Å²) in [5.41, 5.74) is 6.19. The fraction of sp³-hybridized carbons (Fsp3) is 0.250. The number of fused-ring (bicyclic) bond motifs is 2. The van der Waals surface area contributed by atoms with E-state index >= 15 is 0 Å². The summed E-state index contributed by atoms with van der Waals surface area (Å²) < 4.78 is 0. The highest BCUT2D eigenvalue weighted by atomic mass is 32.2. The number of Topliss-reactive ketones (excluding diaryl/α,β-unsaturated/α-hetero) is 1. The number of nitrogens with zero attached hydrogens (tertiary/aromatic N) is 2. The third-order valence-electron chi connectivity index (χ3n) is 4.46. The second-order valence-corrected chi connectivity index (χ2v) is 7.12. The van der Waals surface area contributed by atoms with Gasteiger partial charge in [-0.05, 0) is 55.5 Å². The van der Waals surface area contributed by atoms with Crippen molar-refractivity contribution in [2.75, 3.05) is 5.75 Å². The van der Waals surface area contributed by atoms with Crippen LogP contribution in [0.25, 0.3) is 11.0 Å². The molecule has 0 fully saturated rings. The Morgan fingerprint density at radius 3 is 2.62 bits per heavy atom. The highest BCUT2D eigenvalue weighted by molar-refractivity contribution is 8.00. The number of hydrogen-bond donors (Lipinski definition) is 0. The Bertz CT molecular complexity index is 936. The largest absolute Gasteiger partial charge is 0.293 e. The molecule has 0 amide bonds. The van der Waals surface area contributed by atoms with E-state index < -0.39 is 0 Å². The summed E-state index contributed by atoms with van der Waals surface area (Å²) in [6.07, 6.45) is 3.44. The van der Waals surface area contributed by atoms with Crippen molar-refractivity contribution >= 4 is 28.6 Å². The summed E-state index contributed by atoms with van der Waals surface area (Å²) in [6.45, 7) is 1.95. The molecule has 4 heteroatoms. The highest BCUT2D eigenvalue weighted by Gasteiger charge is 2.15. The average molecular weight is 334 g/mol. The maximum absolute atomic E-state index is 12.5. The average Bonchev–Trinajstić information content (AvgIpc) is 3.07. The molecule has 0 aliphatic heterocycles. The second kappa shape index (κ2) is 6.36. The minimum absolute atomic E-state index is 0.157. The van der Waals surface area contributed by atoms with E-state index in [1.807, 2.05) is 37.3 Å². The maximum atomic E-state index is 12.5. The summed E-state index contributed by atoms with van der Waals surface area (Å²) in [7, 11) is 0. The molecule has 2 aromatic carbocycles. The number of thioether (sulfide) groups is 1. The van der Waals surface area contributed by atoms with Crippen LogP contribution in [0.5, 0.6) is 0 Å². The third kappa shape index (κ3) is 2.94. The van der Waals surface area contributed by atoms with Crippen LogP contribution in [0.15, 0.2) is 47.5 Å². The molecule has 0 N–H and O–H groups in total. The van der Waals surface area contributed by atoms with E-state index in [-0.39, 0.29) is 5.78 Å². The zero-order valence-corrected chi connectivity index (χ0v) is 14.4. The van der Waals surface area contributed by atoms with Crippen LogP contribution in [0.3, 0.4) is 0 Å². The first-order valence-corrected chi connectivity index (χ1v) is 9.20. The Labute approximate surface area is 145 Å². The molecule has 0 radical (unpaired) electrons. The first-order valence-electron chi connectivity index (χ1n) is 8.22. The molecule has 0 bridgehead atoms. The first kappa shape index (κ1) is 15.3. The summed E-state index contributed by atoms with van der Waals surface area (Å²) in [5.74, 6) is 0.552. The van der Waals surface area contributed by atoms with Crippen LogP contribution >= 0.6 is 11.8 Å². The van der Waals surface area contributed by atoms with E-state index in [0.29, 0.717) is 5.75 Å². The number of benzene rings is 2. The normalized spacial score (nSPS) is 13.2. The van der Waals surface area contributed by atoms with Gasteiger partial charge in [-0.2, -0.15) is 0 Å². The van der Waals surface area contributed by atoms with Gasteiger partial charge in [-0.3, -0.25) is 4.79 Å². The Hall–Kier alpha value is -2.20. The van der Waals surface area contributed by atoms with Crippen molar-refractivity contribution < 1.29 is 4.79 Å². The van der Waals surface area contributed by atoms with Gasteiger partial charge in [0.05, 0.1) is 22.5 Å². The molecule has 1 aromatic heterocycles. The minimum atomic E-state index is 0.157. The lowest BCUT2D eigenvalue weighted by Gasteiger charge is -2.07. The topological polar surface area (TPSA) is 42.9 Å². The van der Waals surface area contributed by atoms with Crippen molar-refractivity contribution in [3.8, 4) is 0 Å². The van der Waals surface area contributed by atoms with E-state index in [0.717, 1.165) is 40.2 Å². The van der Waals surface area contributed by atoms with Gasteiger partial charge in [-0.25, -0.2) is 9.97 Å². The molecule has 1 aliphatic rings. The number of carbonyl (C=O) groups is 1. The lowest BCUT2D eigenvalue weighted by molar-refractivity contribution is 0.102. The van der Waals surface area contributed by atoms with Gasteiger partial charge in [0, 0.05) is 5.56 Å². The number of hydrogen-bond acceptors (Lipinski definition) is 4. The van der Waals surface area contributed by atoms with Crippen LogP contribution < -0.4 is 0 Å². The maximum Gasteiger partial charge on any atom is 0.173 e. The molecule has 120 valence electrons. The number of aryl methyl sites for hydroxylation is 3. The number of rotatable bonds is 4. The van der Waals surface area contributed by atoms with Gasteiger partial charge in [0.25, 0.3) is 0 Å². The molecule has 0 unspecified atom stereocenters. The minimum Gasteiger partial charge on any atom is -0.293 e. The van der Waals surface area contributed by atoms with Crippen molar-refractivity contribution in [1.82, 2.24) is 9.97 Å². The molecule has 4 rings (SSSR count). The number of ketones is 1. The molecule has 3 nitrogen and oxygen atoms in total. The number of aromatic nitrogens is 2. The molecule has 0 saturated carbocycles. The SMILES string of the molecule is Cc1nc2ccccc2nc1SCC(=O)c1ccc2c(c1)CCC2. The molecule has 24 heavy (non-hydrogen) atoms. The van der Waals surface area contributed by atoms with Gasteiger partial charge in [-0.1, -0.05) is 36.0 Å². The molecule has 0 spiro atoms. The van der Waals surface area contributed by atoms with Gasteiger partial charge in [0.15, 0.2) is 5.78 Å². The lowest BCUT2D eigenvalue weighted by atomic mass is 10.0. The fourth-order valence-corrected chi connectivity index (χ4v) is 4.02. The highest BCUT2D eigenvalue weighted by Crippen LogP contribution is 2.25. The molecule has 1 aliphatic carbocycles.